The summed E-state index contributed by atoms with van der Waals surface area (Å²) in [6.07, 6.45) is 3.23. The SMILES string of the molecule is CC(=O)C1(CN2CCCC2)c2ccccc2CC(C)(C)N1c1ccc(Cl)c(Cl)c1. The number of carbonyl (C=O) groups is 1. The Morgan fingerprint density at radius 1 is 1.03 bits per heavy atom. The van der Waals surface area contributed by atoms with Gasteiger partial charge in [0.25, 0.3) is 0 Å². The first-order valence-electron chi connectivity index (χ1n) is 10.3. The molecule has 0 radical (unpaired) electrons. The minimum Gasteiger partial charge on any atom is -0.348 e. The van der Waals surface area contributed by atoms with E-state index in [0.29, 0.717) is 16.6 Å². The lowest BCUT2D eigenvalue weighted by Crippen LogP contribution is -2.67. The number of anilines is 1. The van der Waals surface area contributed by atoms with Gasteiger partial charge in [0.15, 0.2) is 5.78 Å². The molecule has 0 aliphatic carbocycles. The normalized spacial score (nSPS) is 23.8. The van der Waals surface area contributed by atoms with E-state index >= 15 is 0 Å². The third-order valence-electron chi connectivity index (χ3n) is 6.47. The smallest absolute Gasteiger partial charge is 0.161 e. The number of hydrogen-bond donors (Lipinski definition) is 0. The first kappa shape index (κ1) is 20.7. The molecular weight excluding hydrogens is 403 g/mol. The van der Waals surface area contributed by atoms with Crippen LogP contribution in [0.5, 0.6) is 0 Å². The summed E-state index contributed by atoms with van der Waals surface area (Å²) in [6.45, 7) is 8.92. The van der Waals surface area contributed by atoms with Crippen LogP contribution >= 0.6 is 23.2 Å². The molecule has 0 N–H and O–H groups in total. The van der Waals surface area contributed by atoms with Crippen LogP contribution in [0.2, 0.25) is 10.0 Å². The Balaban J connectivity index is 1.97. The van der Waals surface area contributed by atoms with Crippen molar-refractivity contribution in [3.63, 3.8) is 0 Å². The van der Waals surface area contributed by atoms with Crippen molar-refractivity contribution >= 4 is 34.7 Å². The van der Waals surface area contributed by atoms with Crippen molar-refractivity contribution in [3.05, 3.63) is 63.6 Å². The average molecular weight is 431 g/mol. The highest BCUT2D eigenvalue weighted by molar-refractivity contribution is 6.42. The van der Waals surface area contributed by atoms with Gasteiger partial charge in [-0.05, 0) is 82.4 Å². The van der Waals surface area contributed by atoms with Gasteiger partial charge < -0.3 is 9.80 Å². The Hall–Kier alpha value is -1.55. The molecule has 0 aromatic heterocycles. The van der Waals surface area contributed by atoms with Gasteiger partial charge in [0, 0.05) is 17.8 Å². The molecule has 3 nitrogen and oxygen atoms in total. The maximum atomic E-state index is 13.6. The molecular formula is C24H28Cl2N2O. The number of halogens is 2. The van der Waals surface area contributed by atoms with E-state index in [2.05, 4.69) is 41.8 Å². The fourth-order valence-electron chi connectivity index (χ4n) is 5.33. The van der Waals surface area contributed by atoms with E-state index < -0.39 is 5.54 Å². The lowest BCUT2D eigenvalue weighted by molar-refractivity contribution is -0.124. The molecule has 0 spiro atoms. The molecule has 2 aromatic rings. The monoisotopic (exact) mass is 430 g/mol. The van der Waals surface area contributed by atoms with Crippen LogP contribution in [-0.4, -0.2) is 35.9 Å². The first-order valence-corrected chi connectivity index (χ1v) is 11.1. The van der Waals surface area contributed by atoms with E-state index in [0.717, 1.165) is 30.8 Å². The zero-order valence-electron chi connectivity index (χ0n) is 17.3. The van der Waals surface area contributed by atoms with E-state index in [9.17, 15) is 4.79 Å². The van der Waals surface area contributed by atoms with Crippen LogP contribution < -0.4 is 4.90 Å². The number of carbonyl (C=O) groups excluding carboxylic acids is 1. The molecule has 1 saturated heterocycles. The number of likely N-dealkylation sites (tertiary alicyclic amines) is 1. The summed E-state index contributed by atoms with van der Waals surface area (Å²) in [5.74, 6) is 0.163. The lowest BCUT2D eigenvalue weighted by Gasteiger charge is -2.57. The van der Waals surface area contributed by atoms with Crippen molar-refractivity contribution < 1.29 is 4.79 Å². The highest BCUT2D eigenvalue weighted by Gasteiger charge is 2.54. The van der Waals surface area contributed by atoms with Crippen LogP contribution in [0.25, 0.3) is 0 Å². The van der Waals surface area contributed by atoms with E-state index in [1.54, 1.807) is 6.92 Å². The minimum absolute atomic E-state index is 0.163. The summed E-state index contributed by atoms with van der Waals surface area (Å²) < 4.78 is 0. The fourth-order valence-corrected chi connectivity index (χ4v) is 5.63. The quantitative estimate of drug-likeness (QED) is 0.619. The van der Waals surface area contributed by atoms with Gasteiger partial charge in [0.05, 0.1) is 10.0 Å². The molecule has 29 heavy (non-hydrogen) atoms. The molecule has 0 bridgehead atoms. The molecule has 0 saturated carbocycles. The van der Waals surface area contributed by atoms with Crippen LogP contribution in [0.4, 0.5) is 5.69 Å². The standard InChI is InChI=1S/C24H28Cl2N2O/c1-17(29)24(16-27-12-6-7-13-27)20-9-5-4-8-18(20)15-23(2,3)28(24)19-10-11-21(25)22(26)14-19/h4-5,8-11,14H,6-7,12-13,15-16H2,1-3H3. The second-order valence-corrected chi connectivity index (χ2v) is 9.79. The Morgan fingerprint density at radius 2 is 1.72 bits per heavy atom. The number of rotatable bonds is 4. The Kier molecular flexibility index (Phi) is 5.43. The fraction of sp³-hybridized carbons (Fsp3) is 0.458. The van der Waals surface area contributed by atoms with E-state index in [1.807, 2.05) is 24.3 Å². The molecule has 0 amide bonds. The van der Waals surface area contributed by atoms with E-state index in [-0.39, 0.29) is 11.3 Å². The van der Waals surface area contributed by atoms with Crippen LogP contribution in [0.1, 0.15) is 44.7 Å². The summed E-state index contributed by atoms with van der Waals surface area (Å²) in [5, 5.41) is 1.04. The van der Waals surface area contributed by atoms with Gasteiger partial charge in [-0.15, -0.1) is 0 Å². The van der Waals surface area contributed by atoms with Gasteiger partial charge >= 0.3 is 0 Å². The number of fused-ring (bicyclic) bond motifs is 1. The second-order valence-electron chi connectivity index (χ2n) is 8.98. The highest BCUT2D eigenvalue weighted by Crippen LogP contribution is 2.48. The van der Waals surface area contributed by atoms with Gasteiger partial charge in [-0.25, -0.2) is 0 Å². The zero-order valence-corrected chi connectivity index (χ0v) is 18.9. The third kappa shape index (κ3) is 3.48. The van der Waals surface area contributed by atoms with Crippen molar-refractivity contribution in [1.82, 2.24) is 4.90 Å². The molecule has 1 fully saturated rings. The van der Waals surface area contributed by atoms with Gasteiger partial charge in [-0.1, -0.05) is 47.5 Å². The number of hydrogen-bond acceptors (Lipinski definition) is 3. The molecule has 4 rings (SSSR count). The number of benzene rings is 2. The molecule has 2 aliphatic rings. The van der Waals surface area contributed by atoms with Gasteiger partial charge in [0.1, 0.15) is 5.54 Å². The van der Waals surface area contributed by atoms with Gasteiger partial charge in [0.2, 0.25) is 0 Å². The van der Waals surface area contributed by atoms with Crippen LogP contribution in [0, 0.1) is 0 Å². The lowest BCUT2D eigenvalue weighted by atomic mass is 9.71. The summed E-state index contributed by atoms with van der Waals surface area (Å²) >= 11 is 12.6. The zero-order chi connectivity index (χ0) is 20.8. The summed E-state index contributed by atoms with van der Waals surface area (Å²) in [6, 6.07) is 14.2. The largest absolute Gasteiger partial charge is 0.348 e. The minimum atomic E-state index is -0.764. The molecule has 2 aliphatic heterocycles. The first-order chi connectivity index (χ1) is 13.8. The van der Waals surface area contributed by atoms with Crippen LogP contribution in [0.15, 0.2) is 42.5 Å². The predicted molar refractivity (Wildman–Crippen MR) is 121 cm³/mol. The maximum Gasteiger partial charge on any atom is 0.161 e. The summed E-state index contributed by atoms with van der Waals surface area (Å²) in [7, 11) is 0. The Morgan fingerprint density at radius 3 is 2.38 bits per heavy atom. The predicted octanol–water partition coefficient (Wildman–Crippen LogP) is 5.71. The highest BCUT2D eigenvalue weighted by atomic mass is 35.5. The van der Waals surface area contributed by atoms with Crippen LogP contribution in [-0.2, 0) is 16.8 Å². The van der Waals surface area contributed by atoms with Crippen molar-refractivity contribution in [3.8, 4) is 0 Å². The number of Topliss-reactive ketones (excluding diaryl/α,β-unsaturated/α-hetero) is 1. The van der Waals surface area contributed by atoms with E-state index in [4.69, 9.17) is 23.2 Å². The molecule has 2 aromatic carbocycles. The van der Waals surface area contributed by atoms with Crippen molar-refractivity contribution in [2.75, 3.05) is 24.5 Å². The topological polar surface area (TPSA) is 23.6 Å². The van der Waals surface area contributed by atoms with Crippen molar-refractivity contribution in [2.45, 2.75) is 51.1 Å². The molecule has 5 heteroatoms. The second kappa shape index (κ2) is 7.61. The molecule has 1 atom stereocenters. The summed E-state index contributed by atoms with van der Waals surface area (Å²) in [5.41, 5.74) is 2.28. The average Bonchev–Trinajstić information content (AvgIpc) is 3.16. The van der Waals surface area contributed by atoms with Crippen LogP contribution in [0.3, 0.4) is 0 Å². The van der Waals surface area contributed by atoms with Crippen molar-refractivity contribution in [1.29, 1.82) is 0 Å². The third-order valence-corrected chi connectivity index (χ3v) is 7.21. The van der Waals surface area contributed by atoms with E-state index in [1.165, 1.54) is 18.4 Å². The number of ketones is 1. The molecule has 2 heterocycles. The molecule has 154 valence electrons. The van der Waals surface area contributed by atoms with Crippen molar-refractivity contribution in [2.24, 2.45) is 0 Å². The number of nitrogens with zero attached hydrogens (tertiary/aromatic N) is 2. The molecule has 1 unspecified atom stereocenters. The maximum absolute atomic E-state index is 13.6. The Bertz CT molecular complexity index is 936. The summed E-state index contributed by atoms with van der Waals surface area (Å²) in [4.78, 5) is 18.3. The van der Waals surface area contributed by atoms with Gasteiger partial charge in [-0.3, -0.25) is 4.79 Å². The Labute approximate surface area is 183 Å². The van der Waals surface area contributed by atoms with Gasteiger partial charge in [-0.2, -0.15) is 0 Å².